The third-order valence-electron chi connectivity index (χ3n) is 5.21. The summed E-state index contributed by atoms with van der Waals surface area (Å²) in [6.45, 7) is 8.11. The summed E-state index contributed by atoms with van der Waals surface area (Å²) in [4.78, 5) is 20.0. The molecule has 1 amide bonds. The van der Waals surface area contributed by atoms with Gasteiger partial charge in [-0.25, -0.2) is 4.98 Å². The smallest absolute Gasteiger partial charge is 0.259 e. The number of rotatable bonds is 3. The standard InChI is InChI=1S/C19H25N3O3/c1-11(2)17-16-14(19(23)22-7-9-24-8-6-12(22)3)10-15(13-4-5-13)20-18(16)25-21-17/h10-13H,4-9H2,1-3H3. The van der Waals surface area contributed by atoms with E-state index in [4.69, 9.17) is 9.26 Å². The van der Waals surface area contributed by atoms with Gasteiger partial charge >= 0.3 is 0 Å². The SMILES string of the molecule is CC(C)c1noc2nc(C3CC3)cc(C(=O)N3CCOCCC3C)c12. The minimum absolute atomic E-state index is 0.0393. The molecule has 25 heavy (non-hydrogen) atoms. The summed E-state index contributed by atoms with van der Waals surface area (Å²) in [5.41, 5.74) is 2.95. The van der Waals surface area contributed by atoms with Gasteiger partial charge in [0, 0.05) is 30.8 Å². The van der Waals surface area contributed by atoms with Gasteiger partial charge in [-0.2, -0.15) is 0 Å². The van der Waals surface area contributed by atoms with E-state index in [-0.39, 0.29) is 17.9 Å². The molecule has 3 heterocycles. The van der Waals surface area contributed by atoms with Crippen LogP contribution in [0, 0.1) is 0 Å². The van der Waals surface area contributed by atoms with Crippen LogP contribution in [0.2, 0.25) is 0 Å². The van der Waals surface area contributed by atoms with Crippen LogP contribution < -0.4 is 0 Å². The van der Waals surface area contributed by atoms with Crippen LogP contribution in [-0.4, -0.2) is 46.7 Å². The Hall–Kier alpha value is -1.95. The fourth-order valence-corrected chi connectivity index (χ4v) is 3.49. The Labute approximate surface area is 147 Å². The molecular formula is C19H25N3O3. The van der Waals surface area contributed by atoms with Gasteiger partial charge in [0.05, 0.1) is 23.3 Å². The number of carbonyl (C=O) groups is 1. The molecule has 0 spiro atoms. The van der Waals surface area contributed by atoms with E-state index in [1.165, 1.54) is 0 Å². The fraction of sp³-hybridized carbons (Fsp3) is 0.632. The lowest BCUT2D eigenvalue weighted by molar-refractivity contribution is 0.0689. The average molecular weight is 343 g/mol. The highest BCUT2D eigenvalue weighted by molar-refractivity contribution is 6.06. The highest BCUT2D eigenvalue weighted by Gasteiger charge is 2.32. The molecule has 2 fully saturated rings. The maximum absolute atomic E-state index is 13.4. The number of ether oxygens (including phenoxy) is 1. The van der Waals surface area contributed by atoms with Gasteiger partial charge in [-0.05, 0) is 38.2 Å². The molecule has 134 valence electrons. The molecule has 6 nitrogen and oxygen atoms in total. The number of aromatic nitrogens is 2. The highest BCUT2D eigenvalue weighted by atomic mass is 16.5. The molecule has 1 saturated heterocycles. The minimum atomic E-state index is 0.0393. The average Bonchev–Trinajstić information content (AvgIpc) is 3.37. The second-order valence-corrected chi connectivity index (χ2v) is 7.52. The Balaban J connectivity index is 1.83. The molecule has 2 aromatic rings. The third kappa shape index (κ3) is 3.03. The zero-order chi connectivity index (χ0) is 17.6. The Bertz CT molecular complexity index is 795. The van der Waals surface area contributed by atoms with Crippen LogP contribution >= 0.6 is 0 Å². The summed E-state index contributed by atoms with van der Waals surface area (Å²) >= 11 is 0. The summed E-state index contributed by atoms with van der Waals surface area (Å²) in [6.07, 6.45) is 3.12. The van der Waals surface area contributed by atoms with Gasteiger partial charge in [-0.1, -0.05) is 19.0 Å². The van der Waals surface area contributed by atoms with Crippen molar-refractivity contribution in [3.05, 3.63) is 23.0 Å². The van der Waals surface area contributed by atoms with Crippen molar-refractivity contribution in [2.45, 2.75) is 57.9 Å². The molecule has 0 radical (unpaired) electrons. The Kier molecular flexibility index (Phi) is 4.23. The lowest BCUT2D eigenvalue weighted by atomic mass is 10.0. The van der Waals surface area contributed by atoms with E-state index in [1.807, 2.05) is 11.0 Å². The van der Waals surface area contributed by atoms with Crippen molar-refractivity contribution < 1.29 is 14.1 Å². The number of nitrogens with zero attached hydrogens (tertiary/aromatic N) is 3. The number of hydrogen-bond acceptors (Lipinski definition) is 5. The van der Waals surface area contributed by atoms with Gasteiger partial charge in [-0.15, -0.1) is 0 Å². The van der Waals surface area contributed by atoms with Crippen LogP contribution in [-0.2, 0) is 4.74 Å². The van der Waals surface area contributed by atoms with Crippen molar-refractivity contribution in [1.82, 2.24) is 15.0 Å². The van der Waals surface area contributed by atoms with E-state index in [0.29, 0.717) is 37.0 Å². The second kappa shape index (κ2) is 6.41. The topological polar surface area (TPSA) is 68.5 Å². The van der Waals surface area contributed by atoms with E-state index < -0.39 is 0 Å². The number of fused-ring (bicyclic) bond motifs is 1. The van der Waals surface area contributed by atoms with Gasteiger partial charge in [0.1, 0.15) is 0 Å². The first-order valence-electron chi connectivity index (χ1n) is 9.25. The molecule has 2 aliphatic rings. The first-order valence-corrected chi connectivity index (χ1v) is 9.25. The highest BCUT2D eigenvalue weighted by Crippen LogP contribution is 2.41. The Morgan fingerprint density at radius 3 is 2.80 bits per heavy atom. The van der Waals surface area contributed by atoms with E-state index in [2.05, 4.69) is 30.9 Å². The van der Waals surface area contributed by atoms with Crippen molar-refractivity contribution >= 4 is 17.0 Å². The summed E-state index contributed by atoms with van der Waals surface area (Å²) < 4.78 is 11.1. The van der Waals surface area contributed by atoms with Crippen LogP contribution in [0.1, 0.15) is 73.6 Å². The van der Waals surface area contributed by atoms with Crippen molar-refractivity contribution in [1.29, 1.82) is 0 Å². The van der Waals surface area contributed by atoms with Crippen LogP contribution in [0.15, 0.2) is 10.6 Å². The normalized spacial score (nSPS) is 21.8. The molecule has 1 aliphatic heterocycles. The molecule has 6 heteroatoms. The van der Waals surface area contributed by atoms with Crippen LogP contribution in [0.5, 0.6) is 0 Å². The van der Waals surface area contributed by atoms with Gasteiger partial charge in [-0.3, -0.25) is 4.79 Å². The predicted octanol–water partition coefficient (Wildman–Crippen LogP) is 3.47. The summed E-state index contributed by atoms with van der Waals surface area (Å²) in [6, 6.07) is 2.13. The first-order chi connectivity index (χ1) is 12.1. The first kappa shape index (κ1) is 16.5. The monoisotopic (exact) mass is 343 g/mol. The van der Waals surface area contributed by atoms with E-state index >= 15 is 0 Å². The van der Waals surface area contributed by atoms with Crippen LogP contribution in [0.4, 0.5) is 0 Å². The zero-order valence-corrected chi connectivity index (χ0v) is 15.1. The van der Waals surface area contributed by atoms with Crippen LogP contribution in [0.25, 0.3) is 11.1 Å². The Morgan fingerprint density at radius 1 is 1.28 bits per heavy atom. The lowest BCUT2D eigenvalue weighted by Crippen LogP contribution is -2.39. The predicted molar refractivity (Wildman–Crippen MR) is 93.8 cm³/mol. The largest absolute Gasteiger partial charge is 0.380 e. The molecule has 0 bridgehead atoms. The zero-order valence-electron chi connectivity index (χ0n) is 15.1. The van der Waals surface area contributed by atoms with E-state index in [9.17, 15) is 4.79 Å². The number of pyridine rings is 1. The lowest BCUT2D eigenvalue weighted by Gasteiger charge is -2.27. The van der Waals surface area contributed by atoms with Gasteiger partial charge in [0.15, 0.2) is 0 Å². The van der Waals surface area contributed by atoms with Crippen molar-refractivity contribution in [3.63, 3.8) is 0 Å². The third-order valence-corrected chi connectivity index (χ3v) is 5.21. The maximum Gasteiger partial charge on any atom is 0.259 e. The molecule has 1 saturated carbocycles. The van der Waals surface area contributed by atoms with Crippen molar-refractivity contribution in [2.75, 3.05) is 19.8 Å². The van der Waals surface area contributed by atoms with Gasteiger partial charge < -0.3 is 14.2 Å². The fourth-order valence-electron chi connectivity index (χ4n) is 3.49. The molecule has 4 rings (SSSR count). The molecule has 0 aromatic carbocycles. The van der Waals surface area contributed by atoms with E-state index in [1.54, 1.807) is 0 Å². The maximum atomic E-state index is 13.4. The minimum Gasteiger partial charge on any atom is -0.380 e. The summed E-state index contributed by atoms with van der Waals surface area (Å²) in [7, 11) is 0. The number of hydrogen-bond donors (Lipinski definition) is 0. The molecule has 2 aromatic heterocycles. The summed E-state index contributed by atoms with van der Waals surface area (Å²) in [5.74, 6) is 0.664. The molecule has 1 unspecified atom stereocenters. The molecule has 0 N–H and O–H groups in total. The van der Waals surface area contributed by atoms with Gasteiger partial charge in [0.25, 0.3) is 11.6 Å². The molecular weight excluding hydrogens is 318 g/mol. The summed E-state index contributed by atoms with van der Waals surface area (Å²) in [5, 5.41) is 4.99. The van der Waals surface area contributed by atoms with Crippen LogP contribution in [0.3, 0.4) is 0 Å². The molecule has 1 aliphatic carbocycles. The van der Waals surface area contributed by atoms with Gasteiger partial charge in [0.2, 0.25) is 0 Å². The van der Waals surface area contributed by atoms with E-state index in [0.717, 1.165) is 36.0 Å². The van der Waals surface area contributed by atoms with Crippen molar-refractivity contribution in [2.24, 2.45) is 0 Å². The quantitative estimate of drug-likeness (QED) is 0.853. The molecule has 1 atom stereocenters. The number of carbonyl (C=O) groups excluding carboxylic acids is 1. The second-order valence-electron chi connectivity index (χ2n) is 7.52. The Morgan fingerprint density at radius 2 is 2.08 bits per heavy atom. The van der Waals surface area contributed by atoms with Crippen molar-refractivity contribution in [3.8, 4) is 0 Å². The number of amides is 1.